The second kappa shape index (κ2) is 10.9. The monoisotopic (exact) mass is 506 g/mol. The second-order valence-electron chi connectivity index (χ2n) is 9.27. The zero-order valence-corrected chi connectivity index (χ0v) is 20.5. The van der Waals surface area contributed by atoms with Crippen molar-refractivity contribution in [1.82, 2.24) is 30.8 Å². The summed E-state index contributed by atoms with van der Waals surface area (Å²) >= 11 is 0. The third kappa shape index (κ3) is 5.39. The lowest BCUT2D eigenvalue weighted by molar-refractivity contribution is 0.0705. The van der Waals surface area contributed by atoms with Gasteiger partial charge >= 0.3 is 0 Å². The maximum atomic E-state index is 12.6. The van der Waals surface area contributed by atoms with Crippen LogP contribution in [-0.2, 0) is 0 Å². The summed E-state index contributed by atoms with van der Waals surface area (Å²) in [5, 5.41) is 8.71. The van der Waals surface area contributed by atoms with Gasteiger partial charge < -0.3 is 20.0 Å². The Kier molecular flexibility index (Phi) is 7.28. The van der Waals surface area contributed by atoms with Gasteiger partial charge in [0, 0.05) is 31.0 Å². The number of carbonyl (C=O) groups excluding carboxylic acids is 1. The van der Waals surface area contributed by atoms with Gasteiger partial charge in [-0.25, -0.2) is 25.9 Å². The van der Waals surface area contributed by atoms with E-state index in [1.54, 1.807) is 5.48 Å². The zero-order chi connectivity index (χ0) is 25.8. The van der Waals surface area contributed by atoms with Crippen molar-refractivity contribution in [2.75, 3.05) is 30.0 Å². The largest absolute Gasteiger partial charge is 0.493 e. The third-order valence-corrected chi connectivity index (χ3v) is 6.72. The minimum Gasteiger partial charge on any atom is -0.493 e. The summed E-state index contributed by atoms with van der Waals surface area (Å²) in [6.07, 6.45) is 6.50. The van der Waals surface area contributed by atoms with E-state index < -0.39 is 5.91 Å². The van der Waals surface area contributed by atoms with Crippen molar-refractivity contribution in [1.29, 1.82) is 0 Å². The third-order valence-electron chi connectivity index (χ3n) is 6.72. The van der Waals surface area contributed by atoms with Gasteiger partial charge in [0.2, 0.25) is 5.95 Å². The number of benzene rings is 1. The van der Waals surface area contributed by atoms with Gasteiger partial charge in [0.15, 0.2) is 0 Å². The smallest absolute Gasteiger partial charge is 0.277 e. The maximum Gasteiger partial charge on any atom is 0.277 e. The number of hydroxylamine groups is 1. The topological polar surface area (TPSA) is 157 Å². The fourth-order valence-corrected chi connectivity index (χ4v) is 4.64. The molecule has 12 nitrogen and oxygen atoms in total. The fraction of sp³-hybridized carbons (Fsp3) is 0.400. The highest BCUT2D eigenvalue weighted by Crippen LogP contribution is 2.29. The Morgan fingerprint density at radius 3 is 2.76 bits per heavy atom. The lowest BCUT2D eigenvalue weighted by Gasteiger charge is -2.31. The Hall–Kier alpha value is -4.03. The average Bonchev–Trinajstić information content (AvgIpc) is 3.35. The first-order valence-electron chi connectivity index (χ1n) is 12.5. The van der Waals surface area contributed by atoms with E-state index in [2.05, 4.69) is 37.6 Å². The van der Waals surface area contributed by atoms with Crippen LogP contribution in [0.25, 0.3) is 11.4 Å². The number of aromatic nitrogens is 4. The quantitative estimate of drug-likeness (QED) is 0.227. The SMILES string of the molecule is CCCC1NNc2c1nc(-c1cccc(OCC3CCN(c4ncc(C(=O)NO)cn4)CC3)c1)[nH]c2=O. The van der Waals surface area contributed by atoms with E-state index in [0.717, 1.165) is 55.8 Å². The molecule has 1 fully saturated rings. The predicted molar refractivity (Wildman–Crippen MR) is 136 cm³/mol. The van der Waals surface area contributed by atoms with Gasteiger partial charge in [0.05, 0.1) is 23.9 Å². The van der Waals surface area contributed by atoms with Gasteiger partial charge in [-0.3, -0.25) is 14.8 Å². The summed E-state index contributed by atoms with van der Waals surface area (Å²) in [5.74, 6) is 1.55. The predicted octanol–water partition coefficient (Wildman–Crippen LogP) is 2.41. The molecule has 1 amide bonds. The molecule has 3 aromatic rings. The Morgan fingerprint density at radius 1 is 1.24 bits per heavy atom. The number of ether oxygens (including phenoxy) is 1. The molecule has 0 spiro atoms. The number of rotatable bonds is 8. The number of nitrogens with zero attached hydrogens (tertiary/aromatic N) is 4. The van der Waals surface area contributed by atoms with Crippen molar-refractivity contribution in [3.8, 4) is 17.1 Å². The molecular weight excluding hydrogens is 476 g/mol. The summed E-state index contributed by atoms with van der Waals surface area (Å²) in [7, 11) is 0. The number of H-pyrrole nitrogens is 1. The number of hydrogen-bond donors (Lipinski definition) is 5. The average molecular weight is 507 g/mol. The van der Waals surface area contributed by atoms with E-state index in [1.165, 1.54) is 12.4 Å². The van der Waals surface area contributed by atoms with Crippen molar-refractivity contribution in [3.05, 3.63) is 58.3 Å². The Balaban J connectivity index is 1.19. The van der Waals surface area contributed by atoms with Crippen LogP contribution in [0.5, 0.6) is 5.75 Å². The van der Waals surface area contributed by atoms with Gasteiger partial charge in [0.1, 0.15) is 17.3 Å². The summed E-state index contributed by atoms with van der Waals surface area (Å²) in [6.45, 7) is 4.24. The number of amides is 1. The highest BCUT2D eigenvalue weighted by molar-refractivity contribution is 5.92. The number of aromatic amines is 1. The normalized spacial score (nSPS) is 17.2. The van der Waals surface area contributed by atoms with Crippen molar-refractivity contribution < 1.29 is 14.7 Å². The van der Waals surface area contributed by atoms with Gasteiger partial charge in [-0.2, -0.15) is 0 Å². The molecular formula is C25H30N8O4. The molecule has 0 radical (unpaired) electrons. The summed E-state index contributed by atoms with van der Waals surface area (Å²) in [4.78, 5) is 42.2. The van der Waals surface area contributed by atoms with Crippen LogP contribution >= 0.6 is 0 Å². The zero-order valence-electron chi connectivity index (χ0n) is 20.5. The highest BCUT2D eigenvalue weighted by atomic mass is 16.5. The first-order valence-corrected chi connectivity index (χ1v) is 12.5. The van der Waals surface area contributed by atoms with Crippen molar-refractivity contribution in [3.63, 3.8) is 0 Å². The van der Waals surface area contributed by atoms with Crippen LogP contribution in [0.4, 0.5) is 11.6 Å². The summed E-state index contributed by atoms with van der Waals surface area (Å²) < 4.78 is 6.12. The molecule has 1 unspecified atom stereocenters. The molecule has 0 bridgehead atoms. The van der Waals surface area contributed by atoms with Crippen molar-refractivity contribution in [2.24, 2.45) is 5.92 Å². The van der Waals surface area contributed by atoms with Crippen LogP contribution in [0.3, 0.4) is 0 Å². The molecule has 5 rings (SSSR count). The van der Waals surface area contributed by atoms with E-state index in [4.69, 9.17) is 14.9 Å². The molecule has 2 aliphatic heterocycles. The number of nitrogens with one attached hydrogen (secondary N) is 4. The molecule has 1 saturated heterocycles. The minimum atomic E-state index is -0.639. The van der Waals surface area contributed by atoms with Gasteiger partial charge in [-0.05, 0) is 37.3 Å². The Labute approximate surface area is 213 Å². The summed E-state index contributed by atoms with van der Waals surface area (Å²) in [6, 6.07) is 7.64. The highest BCUT2D eigenvalue weighted by Gasteiger charge is 2.26. The number of piperidine rings is 1. The van der Waals surface area contributed by atoms with Crippen LogP contribution in [0.2, 0.25) is 0 Å². The molecule has 2 aliphatic rings. The Morgan fingerprint density at radius 2 is 2.03 bits per heavy atom. The second-order valence-corrected chi connectivity index (χ2v) is 9.27. The molecule has 0 aliphatic carbocycles. The Bertz CT molecular complexity index is 1300. The molecule has 0 saturated carbocycles. The lowest BCUT2D eigenvalue weighted by Crippen LogP contribution is -2.36. The molecule has 12 heteroatoms. The van der Waals surface area contributed by atoms with E-state index >= 15 is 0 Å². The van der Waals surface area contributed by atoms with E-state index in [1.807, 2.05) is 24.3 Å². The number of anilines is 2. The first-order chi connectivity index (χ1) is 18.1. The molecule has 194 valence electrons. The van der Waals surface area contributed by atoms with Gasteiger partial charge in [-0.1, -0.05) is 25.5 Å². The number of fused-ring (bicyclic) bond motifs is 1. The molecule has 4 heterocycles. The number of hydrazine groups is 1. The number of hydrogen-bond acceptors (Lipinski definition) is 10. The van der Waals surface area contributed by atoms with Crippen LogP contribution in [0.15, 0.2) is 41.5 Å². The summed E-state index contributed by atoms with van der Waals surface area (Å²) in [5.41, 5.74) is 9.70. The van der Waals surface area contributed by atoms with Crippen LogP contribution in [0, 0.1) is 5.92 Å². The first kappa shape index (κ1) is 24.7. The fourth-order valence-electron chi connectivity index (χ4n) is 4.64. The standard InChI is InChI=1S/C25H30N8O4/c1-2-4-19-20-21(31-30-19)24(35)29-22(28-20)16-5-3-6-18(11-16)37-14-15-7-9-33(10-8-15)25-26-12-17(13-27-25)23(34)32-36/h3,5-6,11-13,15,19,30-31,36H,2,4,7-10,14H2,1H3,(H,32,34)(H,28,29,35). The molecule has 1 aromatic carbocycles. The van der Waals surface area contributed by atoms with Crippen LogP contribution in [-0.4, -0.2) is 50.7 Å². The molecule has 37 heavy (non-hydrogen) atoms. The van der Waals surface area contributed by atoms with Gasteiger partial charge in [-0.15, -0.1) is 0 Å². The van der Waals surface area contributed by atoms with Crippen molar-refractivity contribution >= 4 is 17.5 Å². The van der Waals surface area contributed by atoms with E-state index in [9.17, 15) is 9.59 Å². The molecule has 2 aromatic heterocycles. The maximum absolute atomic E-state index is 12.6. The molecule has 1 atom stereocenters. The van der Waals surface area contributed by atoms with Gasteiger partial charge in [0.25, 0.3) is 11.5 Å². The minimum absolute atomic E-state index is 0.00901. The van der Waals surface area contributed by atoms with Crippen LogP contribution in [0.1, 0.15) is 54.7 Å². The van der Waals surface area contributed by atoms with Crippen molar-refractivity contribution in [2.45, 2.75) is 38.6 Å². The molecule has 5 N–H and O–H groups in total. The lowest BCUT2D eigenvalue weighted by atomic mass is 9.98. The van der Waals surface area contributed by atoms with Crippen LogP contribution < -0.4 is 31.5 Å². The van der Waals surface area contributed by atoms with E-state index in [-0.39, 0.29) is 17.2 Å². The number of carbonyl (C=O) groups is 1. The van der Waals surface area contributed by atoms with E-state index in [0.29, 0.717) is 30.0 Å².